The molecule has 2 saturated heterocycles. The molecule has 18 heavy (non-hydrogen) atoms. The molecular weight excluding hydrogens is 275 g/mol. The van der Waals surface area contributed by atoms with Crippen molar-refractivity contribution in [3.05, 3.63) is 30.1 Å². The van der Waals surface area contributed by atoms with Crippen LogP contribution in [-0.2, 0) is 9.84 Å². The van der Waals surface area contributed by atoms with Gasteiger partial charge in [-0.15, -0.1) is 0 Å². The van der Waals surface area contributed by atoms with Gasteiger partial charge in [-0.25, -0.2) is 12.8 Å². The topological polar surface area (TPSA) is 61.2 Å². The number of hydrogen-bond acceptors (Lipinski definition) is 4. The Morgan fingerprint density at radius 2 is 2.06 bits per heavy atom. The van der Waals surface area contributed by atoms with E-state index in [1.54, 1.807) is 18.2 Å². The minimum absolute atomic E-state index is 0.00137. The van der Waals surface area contributed by atoms with E-state index in [1.165, 1.54) is 22.7 Å². The van der Waals surface area contributed by atoms with Crippen molar-refractivity contribution in [2.24, 2.45) is 0 Å². The maximum Gasteiger partial charge on any atom is 0.161 e. The molecule has 2 heterocycles. The van der Waals surface area contributed by atoms with Crippen LogP contribution in [0.25, 0.3) is 0 Å². The van der Waals surface area contributed by atoms with Gasteiger partial charge in [-0.2, -0.15) is 0 Å². The average molecular weight is 286 g/mol. The molecule has 96 valence electrons. The number of nitrogens with zero attached hydrogens (tertiary/aromatic N) is 1. The lowest BCUT2D eigenvalue weighted by Gasteiger charge is -2.24. The Morgan fingerprint density at radius 1 is 1.33 bits per heavy atom. The van der Waals surface area contributed by atoms with Gasteiger partial charge in [0.05, 0.1) is 23.2 Å². The van der Waals surface area contributed by atoms with E-state index in [-0.39, 0.29) is 28.0 Å². The van der Waals surface area contributed by atoms with Crippen molar-refractivity contribution in [3.63, 3.8) is 0 Å². The lowest BCUT2D eigenvalue weighted by Crippen LogP contribution is -2.37. The molecule has 0 amide bonds. The van der Waals surface area contributed by atoms with E-state index in [9.17, 15) is 12.8 Å². The molecule has 7 heteroatoms. The highest BCUT2D eigenvalue weighted by Gasteiger charge is 2.49. The number of anilines is 1. The summed E-state index contributed by atoms with van der Waals surface area (Å²) in [5.41, 5.74) is 0.291. The first-order chi connectivity index (χ1) is 8.48. The van der Waals surface area contributed by atoms with Crippen LogP contribution in [0, 0.1) is 11.2 Å². The Labute approximate surface area is 109 Å². The zero-order valence-corrected chi connectivity index (χ0v) is 11.0. The Morgan fingerprint density at radius 3 is 2.78 bits per heavy atom. The molecule has 0 radical (unpaired) electrons. The first-order valence-corrected chi connectivity index (χ1v) is 8.17. The fourth-order valence-corrected chi connectivity index (χ4v) is 6.22. The Balaban J connectivity index is 2.02. The van der Waals surface area contributed by atoms with Crippen molar-refractivity contribution in [1.82, 2.24) is 0 Å². The number of sulfone groups is 1. The van der Waals surface area contributed by atoms with Crippen LogP contribution < -0.4 is 4.90 Å². The number of amidine groups is 1. The van der Waals surface area contributed by atoms with Crippen LogP contribution in [0.4, 0.5) is 10.1 Å². The molecule has 0 unspecified atom stereocenters. The van der Waals surface area contributed by atoms with Gasteiger partial charge in [-0.05, 0) is 12.1 Å². The van der Waals surface area contributed by atoms with Gasteiger partial charge in [0.15, 0.2) is 15.0 Å². The predicted octanol–water partition coefficient (Wildman–Crippen LogP) is 1.48. The predicted molar refractivity (Wildman–Crippen MR) is 70.4 cm³/mol. The second kappa shape index (κ2) is 3.96. The zero-order valence-electron chi connectivity index (χ0n) is 9.34. The smallest absolute Gasteiger partial charge is 0.161 e. The summed E-state index contributed by atoms with van der Waals surface area (Å²) < 4.78 is 37.0. The van der Waals surface area contributed by atoms with E-state index >= 15 is 0 Å². The van der Waals surface area contributed by atoms with Crippen LogP contribution >= 0.6 is 11.8 Å². The first kappa shape index (κ1) is 12.0. The molecule has 4 nitrogen and oxygen atoms in total. The van der Waals surface area contributed by atoms with Crippen LogP contribution in [0.5, 0.6) is 0 Å². The van der Waals surface area contributed by atoms with Gasteiger partial charge < -0.3 is 4.90 Å². The largest absolute Gasteiger partial charge is 0.313 e. The van der Waals surface area contributed by atoms with Crippen LogP contribution in [0.3, 0.4) is 0 Å². The number of para-hydroxylation sites is 1. The van der Waals surface area contributed by atoms with E-state index in [0.29, 0.717) is 5.69 Å². The van der Waals surface area contributed by atoms with Crippen molar-refractivity contribution < 1.29 is 12.8 Å². The van der Waals surface area contributed by atoms with E-state index in [2.05, 4.69) is 0 Å². The lowest BCUT2D eigenvalue weighted by molar-refractivity contribution is 0.600. The van der Waals surface area contributed by atoms with Gasteiger partial charge >= 0.3 is 0 Å². The maximum absolute atomic E-state index is 13.8. The number of rotatable bonds is 1. The summed E-state index contributed by atoms with van der Waals surface area (Å²) in [6.07, 6.45) is 0. The third-order valence-corrected chi connectivity index (χ3v) is 6.33. The average Bonchev–Trinajstić information content (AvgIpc) is 2.70. The maximum atomic E-state index is 13.8. The van der Waals surface area contributed by atoms with Crippen LogP contribution in [0.1, 0.15) is 0 Å². The molecule has 0 bridgehead atoms. The molecule has 3 rings (SSSR count). The quantitative estimate of drug-likeness (QED) is 0.849. The normalized spacial score (nSPS) is 29.6. The number of hydrogen-bond donors (Lipinski definition) is 1. The molecule has 0 aromatic heterocycles. The van der Waals surface area contributed by atoms with E-state index < -0.39 is 15.7 Å². The molecule has 2 fully saturated rings. The van der Waals surface area contributed by atoms with E-state index in [1.807, 2.05) is 0 Å². The molecule has 1 N–H and O–H groups in total. The molecule has 2 aliphatic heterocycles. The second-order valence-corrected chi connectivity index (χ2v) is 7.81. The zero-order chi connectivity index (χ0) is 12.9. The number of benzene rings is 1. The van der Waals surface area contributed by atoms with Crippen molar-refractivity contribution >= 4 is 32.5 Å². The summed E-state index contributed by atoms with van der Waals surface area (Å²) in [7, 11) is -3.06. The van der Waals surface area contributed by atoms with Crippen molar-refractivity contribution in [3.8, 4) is 0 Å². The number of fused-ring (bicyclic) bond motifs is 1. The minimum Gasteiger partial charge on any atom is -0.313 e. The lowest BCUT2D eigenvalue weighted by atomic mass is 10.2. The van der Waals surface area contributed by atoms with Crippen molar-refractivity contribution in [2.45, 2.75) is 11.3 Å². The highest BCUT2D eigenvalue weighted by Crippen LogP contribution is 2.40. The molecule has 1 aromatic rings. The van der Waals surface area contributed by atoms with E-state index in [0.717, 1.165) is 0 Å². The molecule has 0 spiro atoms. The number of nitrogens with one attached hydrogen (secondary N) is 1. The Kier molecular flexibility index (Phi) is 2.63. The molecule has 0 aliphatic carbocycles. The summed E-state index contributed by atoms with van der Waals surface area (Å²) in [4.78, 5) is 1.51. The van der Waals surface area contributed by atoms with Gasteiger partial charge in [0, 0.05) is 5.25 Å². The monoisotopic (exact) mass is 286 g/mol. The first-order valence-electron chi connectivity index (χ1n) is 5.47. The third-order valence-electron chi connectivity index (χ3n) is 3.20. The van der Waals surface area contributed by atoms with Gasteiger partial charge in [-0.1, -0.05) is 23.9 Å². The Hall–Kier alpha value is -1.08. The molecule has 1 aromatic carbocycles. The van der Waals surface area contributed by atoms with Crippen molar-refractivity contribution in [2.75, 3.05) is 16.4 Å². The number of halogens is 1. The number of thioether (sulfide) groups is 1. The third kappa shape index (κ3) is 1.81. The van der Waals surface area contributed by atoms with Crippen molar-refractivity contribution in [1.29, 1.82) is 5.41 Å². The summed E-state index contributed by atoms with van der Waals surface area (Å²) in [5.74, 6) is -0.343. The van der Waals surface area contributed by atoms with Gasteiger partial charge in [0.2, 0.25) is 0 Å². The summed E-state index contributed by atoms with van der Waals surface area (Å²) in [5, 5.41) is 7.97. The molecule has 2 atom stereocenters. The second-order valence-electron chi connectivity index (χ2n) is 4.43. The fourth-order valence-electron chi connectivity index (χ4n) is 2.44. The summed E-state index contributed by atoms with van der Waals surface area (Å²) >= 11 is 1.21. The van der Waals surface area contributed by atoms with Crippen LogP contribution in [0.2, 0.25) is 0 Å². The van der Waals surface area contributed by atoms with Gasteiger partial charge in [0.1, 0.15) is 5.82 Å². The molecule has 0 saturated carbocycles. The summed E-state index contributed by atoms with van der Waals surface area (Å²) in [6.45, 7) is 0. The van der Waals surface area contributed by atoms with Gasteiger partial charge in [-0.3, -0.25) is 5.41 Å². The van der Waals surface area contributed by atoms with Crippen LogP contribution in [0.15, 0.2) is 24.3 Å². The van der Waals surface area contributed by atoms with Gasteiger partial charge in [0.25, 0.3) is 0 Å². The Bertz CT molecular complexity index is 617. The highest BCUT2D eigenvalue weighted by molar-refractivity contribution is 8.15. The van der Waals surface area contributed by atoms with E-state index in [4.69, 9.17) is 5.41 Å². The fraction of sp³-hybridized carbons (Fsp3) is 0.364. The minimum atomic E-state index is -3.06. The summed E-state index contributed by atoms with van der Waals surface area (Å²) in [6, 6.07) is 5.85. The molecule has 2 aliphatic rings. The highest BCUT2D eigenvalue weighted by atomic mass is 32.2. The van der Waals surface area contributed by atoms with Crippen LogP contribution in [-0.4, -0.2) is 36.4 Å². The molecular formula is C11H11FN2O2S2. The SMILES string of the molecule is N=C1S[C@@H]2CS(=O)(=O)C[C@H]2N1c1ccccc1F. The standard InChI is InChI=1S/C11H11FN2O2S2/c12-7-3-1-2-4-8(7)14-9-5-18(15,16)6-10(9)17-11(14)13/h1-4,9-10,13H,5-6H2/t9-,10-/m1/s1.